The molecule has 3 heterocycles. The van der Waals surface area contributed by atoms with Crippen LogP contribution in [0.2, 0.25) is 0 Å². The van der Waals surface area contributed by atoms with Crippen molar-refractivity contribution in [1.29, 1.82) is 0 Å². The second-order valence-corrected chi connectivity index (χ2v) is 7.01. The van der Waals surface area contributed by atoms with Crippen molar-refractivity contribution in [2.24, 2.45) is 0 Å². The quantitative estimate of drug-likeness (QED) is 0.871. The smallest absolute Gasteiger partial charge is 0.174 e. The van der Waals surface area contributed by atoms with E-state index in [9.17, 15) is 0 Å². The van der Waals surface area contributed by atoms with Gasteiger partial charge in [0.15, 0.2) is 5.82 Å². The van der Waals surface area contributed by atoms with Gasteiger partial charge in [0.2, 0.25) is 0 Å². The van der Waals surface area contributed by atoms with Crippen LogP contribution in [0.4, 0.5) is 5.82 Å². The predicted molar refractivity (Wildman–Crippen MR) is 92.0 cm³/mol. The van der Waals surface area contributed by atoms with Gasteiger partial charge in [0, 0.05) is 24.0 Å². The molecular formula is C16H23N5S. The first-order valence-electron chi connectivity index (χ1n) is 7.81. The van der Waals surface area contributed by atoms with Crippen molar-refractivity contribution < 1.29 is 0 Å². The molecule has 0 radical (unpaired) electrons. The lowest BCUT2D eigenvalue weighted by atomic mass is 10.2. The maximum Gasteiger partial charge on any atom is 0.174 e. The minimum atomic E-state index is 0.682. The summed E-state index contributed by atoms with van der Waals surface area (Å²) >= 11 is 1.96. The molecule has 22 heavy (non-hydrogen) atoms. The van der Waals surface area contributed by atoms with E-state index in [-0.39, 0.29) is 0 Å². The highest BCUT2D eigenvalue weighted by molar-refractivity contribution is 7.99. The van der Waals surface area contributed by atoms with Crippen molar-refractivity contribution in [2.45, 2.75) is 38.4 Å². The summed E-state index contributed by atoms with van der Waals surface area (Å²) in [5.74, 6) is 1.76. The van der Waals surface area contributed by atoms with Crippen LogP contribution < -0.4 is 4.90 Å². The molecule has 5 nitrogen and oxygen atoms in total. The molecule has 1 saturated heterocycles. The second kappa shape index (κ2) is 6.69. The van der Waals surface area contributed by atoms with Crippen LogP contribution in [0.5, 0.6) is 0 Å². The van der Waals surface area contributed by atoms with Crippen molar-refractivity contribution in [3.05, 3.63) is 29.8 Å². The van der Waals surface area contributed by atoms with Crippen LogP contribution in [0.15, 0.2) is 18.5 Å². The number of hydrogen-bond acceptors (Lipinski definition) is 5. The summed E-state index contributed by atoms with van der Waals surface area (Å²) < 4.78 is 1.87. The normalized spacial score (nSPS) is 19.2. The van der Waals surface area contributed by atoms with Crippen LogP contribution in [0.3, 0.4) is 0 Å². The first kappa shape index (κ1) is 15.3. The minimum absolute atomic E-state index is 0.682. The Bertz CT molecular complexity index is 639. The fourth-order valence-corrected chi connectivity index (χ4v) is 3.70. The molecule has 0 aliphatic carbocycles. The number of rotatable bonds is 3. The van der Waals surface area contributed by atoms with Gasteiger partial charge in [0.05, 0.1) is 18.1 Å². The summed E-state index contributed by atoms with van der Waals surface area (Å²) in [4.78, 5) is 11.6. The zero-order chi connectivity index (χ0) is 15.5. The Hall–Kier alpha value is -1.56. The summed E-state index contributed by atoms with van der Waals surface area (Å²) in [6, 6.07) is 2.06. The predicted octanol–water partition coefficient (Wildman–Crippen LogP) is 3.00. The van der Waals surface area contributed by atoms with Gasteiger partial charge in [-0.25, -0.2) is 9.67 Å². The van der Waals surface area contributed by atoms with Crippen molar-refractivity contribution in [3.63, 3.8) is 0 Å². The fourth-order valence-electron chi connectivity index (χ4n) is 2.96. The minimum Gasteiger partial charge on any atom is -0.354 e. The maximum atomic E-state index is 4.81. The van der Waals surface area contributed by atoms with E-state index >= 15 is 0 Å². The van der Waals surface area contributed by atoms with Gasteiger partial charge in [-0.05, 0) is 39.0 Å². The van der Waals surface area contributed by atoms with Crippen LogP contribution in [0, 0.1) is 13.8 Å². The number of aromatic nitrogens is 4. The maximum absolute atomic E-state index is 4.81. The van der Waals surface area contributed by atoms with E-state index in [2.05, 4.69) is 27.3 Å². The molecular weight excluding hydrogens is 294 g/mol. The van der Waals surface area contributed by atoms with Crippen molar-refractivity contribution in [1.82, 2.24) is 19.7 Å². The van der Waals surface area contributed by atoms with E-state index < -0.39 is 0 Å². The Morgan fingerprint density at radius 2 is 2.00 bits per heavy atom. The summed E-state index contributed by atoms with van der Waals surface area (Å²) in [5, 5.41) is 5.19. The Balaban J connectivity index is 1.88. The molecule has 0 aromatic carbocycles. The van der Waals surface area contributed by atoms with E-state index in [1.165, 1.54) is 19.3 Å². The van der Waals surface area contributed by atoms with Gasteiger partial charge < -0.3 is 4.90 Å². The summed E-state index contributed by atoms with van der Waals surface area (Å²) in [6.07, 6.45) is 9.68. The fraction of sp³-hybridized carbons (Fsp3) is 0.562. The molecule has 0 saturated carbocycles. The lowest BCUT2D eigenvalue weighted by molar-refractivity contribution is 0.735. The molecule has 118 valence electrons. The van der Waals surface area contributed by atoms with E-state index in [1.54, 1.807) is 6.20 Å². The summed E-state index contributed by atoms with van der Waals surface area (Å²) in [7, 11) is 0. The Morgan fingerprint density at radius 3 is 2.73 bits per heavy atom. The van der Waals surface area contributed by atoms with Gasteiger partial charge in [-0.1, -0.05) is 6.42 Å². The average molecular weight is 317 g/mol. The Kier molecular flexibility index (Phi) is 4.66. The van der Waals surface area contributed by atoms with Crippen LogP contribution >= 0.6 is 11.8 Å². The largest absolute Gasteiger partial charge is 0.354 e. The molecule has 1 unspecified atom stereocenters. The number of hydrogen-bond donors (Lipinski definition) is 0. The Labute approximate surface area is 136 Å². The lowest BCUT2D eigenvalue weighted by Gasteiger charge is -2.24. The van der Waals surface area contributed by atoms with E-state index in [0.717, 1.165) is 36.1 Å². The van der Waals surface area contributed by atoms with Gasteiger partial charge in [-0.2, -0.15) is 16.9 Å². The molecule has 0 spiro atoms. The SMILES string of the molecule is CSC1CCCCN(c2cncc(-n3nc(C)cc3C)n2)C1. The number of anilines is 1. The number of nitrogens with zero attached hydrogens (tertiary/aromatic N) is 5. The van der Waals surface area contributed by atoms with Gasteiger partial charge in [-0.15, -0.1) is 0 Å². The van der Waals surface area contributed by atoms with E-state index in [1.807, 2.05) is 36.5 Å². The summed E-state index contributed by atoms with van der Waals surface area (Å²) in [6.45, 7) is 6.16. The van der Waals surface area contributed by atoms with Crippen LogP contribution in [-0.4, -0.2) is 44.3 Å². The lowest BCUT2D eigenvalue weighted by Crippen LogP contribution is -2.30. The molecule has 6 heteroatoms. The second-order valence-electron chi connectivity index (χ2n) is 5.87. The monoisotopic (exact) mass is 317 g/mol. The van der Waals surface area contributed by atoms with E-state index in [4.69, 9.17) is 4.98 Å². The number of thioether (sulfide) groups is 1. The van der Waals surface area contributed by atoms with Crippen molar-refractivity contribution in [3.8, 4) is 5.82 Å². The van der Waals surface area contributed by atoms with Crippen molar-refractivity contribution in [2.75, 3.05) is 24.2 Å². The molecule has 0 bridgehead atoms. The third-order valence-electron chi connectivity index (χ3n) is 4.12. The summed E-state index contributed by atoms with van der Waals surface area (Å²) in [5.41, 5.74) is 2.09. The van der Waals surface area contributed by atoms with Gasteiger partial charge in [0.25, 0.3) is 0 Å². The highest BCUT2D eigenvalue weighted by atomic mass is 32.2. The van der Waals surface area contributed by atoms with E-state index in [0.29, 0.717) is 5.25 Å². The first-order valence-corrected chi connectivity index (χ1v) is 9.09. The highest BCUT2D eigenvalue weighted by Gasteiger charge is 2.19. The highest BCUT2D eigenvalue weighted by Crippen LogP contribution is 2.23. The molecule has 1 aliphatic heterocycles. The van der Waals surface area contributed by atoms with Crippen LogP contribution in [-0.2, 0) is 0 Å². The average Bonchev–Trinajstić information content (AvgIpc) is 2.75. The van der Waals surface area contributed by atoms with Crippen LogP contribution in [0.1, 0.15) is 30.7 Å². The zero-order valence-electron chi connectivity index (χ0n) is 13.5. The molecule has 0 N–H and O–H groups in total. The molecule has 2 aromatic rings. The molecule has 3 rings (SSSR count). The Morgan fingerprint density at radius 1 is 1.18 bits per heavy atom. The zero-order valence-corrected chi connectivity index (χ0v) is 14.3. The van der Waals surface area contributed by atoms with Crippen molar-refractivity contribution >= 4 is 17.6 Å². The molecule has 1 fully saturated rings. The molecule has 1 aliphatic rings. The number of aryl methyl sites for hydroxylation is 2. The third kappa shape index (κ3) is 3.27. The third-order valence-corrected chi connectivity index (χ3v) is 5.17. The molecule has 2 aromatic heterocycles. The van der Waals surface area contributed by atoms with Gasteiger partial charge in [0.1, 0.15) is 5.82 Å². The standard InChI is InChI=1S/C16H23N5S/c1-12-8-13(2)21(19-12)16-10-17-9-15(18-16)20-7-5-4-6-14(11-20)22-3/h8-10,14H,4-7,11H2,1-3H3. The topological polar surface area (TPSA) is 46.8 Å². The first-order chi connectivity index (χ1) is 10.7. The molecule has 0 amide bonds. The van der Waals surface area contributed by atoms with Crippen LogP contribution in [0.25, 0.3) is 5.82 Å². The van der Waals surface area contributed by atoms with Gasteiger partial charge >= 0.3 is 0 Å². The van der Waals surface area contributed by atoms with Gasteiger partial charge in [-0.3, -0.25) is 4.98 Å². The molecule has 1 atom stereocenters.